The number of hydrogen-bond acceptors (Lipinski definition) is 2. The van der Waals surface area contributed by atoms with Crippen LogP contribution in [0, 0.1) is 22.2 Å². The van der Waals surface area contributed by atoms with Crippen LogP contribution in [0.4, 0.5) is 0 Å². The van der Waals surface area contributed by atoms with E-state index in [1.165, 1.54) is 0 Å². The van der Waals surface area contributed by atoms with Gasteiger partial charge in [-0.1, -0.05) is 13.8 Å². The molecule has 0 atom stereocenters. The summed E-state index contributed by atoms with van der Waals surface area (Å²) < 4.78 is 0. The lowest BCUT2D eigenvalue weighted by molar-refractivity contribution is -0.119. The Kier molecular flexibility index (Phi) is 2.99. The first-order valence-corrected chi connectivity index (χ1v) is 5.30. The molecular formula is C12H19NO. The van der Waals surface area contributed by atoms with Gasteiger partial charge in [-0.05, 0) is 38.0 Å². The lowest BCUT2D eigenvalue weighted by atomic mass is 9.64. The van der Waals surface area contributed by atoms with E-state index in [4.69, 9.17) is 5.26 Å². The summed E-state index contributed by atoms with van der Waals surface area (Å²) in [6, 6.07) is 2.37. The second-order valence-electron chi connectivity index (χ2n) is 5.44. The van der Waals surface area contributed by atoms with Crippen molar-refractivity contribution in [1.82, 2.24) is 0 Å². The van der Waals surface area contributed by atoms with E-state index in [-0.39, 0.29) is 11.2 Å². The zero-order valence-corrected chi connectivity index (χ0v) is 9.39. The number of ketones is 1. The van der Waals surface area contributed by atoms with Crippen LogP contribution in [-0.2, 0) is 4.79 Å². The summed E-state index contributed by atoms with van der Waals surface area (Å²) in [5.41, 5.74) is 0.0124. The van der Waals surface area contributed by atoms with Crippen LogP contribution >= 0.6 is 0 Å². The Morgan fingerprint density at radius 3 is 2.14 bits per heavy atom. The molecule has 0 aliphatic heterocycles. The summed E-state index contributed by atoms with van der Waals surface area (Å²) in [5.74, 6) is 0.145. The standard InChI is InChI=1S/C12H19NO/c1-10(14)8-12(9-13)6-4-11(2,3)5-7-12/h4-8H2,1-3H3. The van der Waals surface area contributed by atoms with Crippen LogP contribution in [0.25, 0.3) is 0 Å². The SMILES string of the molecule is CC(=O)CC1(C#N)CCC(C)(C)CC1. The normalized spacial score (nSPS) is 23.9. The minimum atomic E-state index is -0.346. The van der Waals surface area contributed by atoms with E-state index in [2.05, 4.69) is 19.9 Å². The Bertz CT molecular complexity index is 263. The van der Waals surface area contributed by atoms with E-state index < -0.39 is 0 Å². The van der Waals surface area contributed by atoms with Crippen LogP contribution in [0.2, 0.25) is 0 Å². The lowest BCUT2D eigenvalue weighted by Gasteiger charge is -2.38. The van der Waals surface area contributed by atoms with Crippen molar-refractivity contribution in [2.75, 3.05) is 0 Å². The lowest BCUT2D eigenvalue weighted by Crippen LogP contribution is -2.31. The van der Waals surface area contributed by atoms with Crippen molar-refractivity contribution in [3.63, 3.8) is 0 Å². The van der Waals surface area contributed by atoms with Crippen LogP contribution in [0.15, 0.2) is 0 Å². The highest BCUT2D eigenvalue weighted by Crippen LogP contribution is 2.46. The Balaban J connectivity index is 2.67. The third-order valence-corrected chi connectivity index (χ3v) is 3.39. The molecule has 0 aromatic carbocycles. The van der Waals surface area contributed by atoms with E-state index in [0.717, 1.165) is 25.7 Å². The van der Waals surface area contributed by atoms with E-state index >= 15 is 0 Å². The van der Waals surface area contributed by atoms with Crippen molar-refractivity contribution >= 4 is 5.78 Å². The predicted molar refractivity (Wildman–Crippen MR) is 55.6 cm³/mol. The fourth-order valence-corrected chi connectivity index (χ4v) is 2.21. The van der Waals surface area contributed by atoms with Gasteiger partial charge in [0.2, 0.25) is 0 Å². The minimum Gasteiger partial charge on any atom is -0.300 e. The molecule has 78 valence electrons. The number of nitriles is 1. The molecule has 0 saturated heterocycles. The van der Waals surface area contributed by atoms with E-state index in [9.17, 15) is 4.79 Å². The first-order valence-electron chi connectivity index (χ1n) is 5.30. The van der Waals surface area contributed by atoms with Crippen molar-refractivity contribution in [2.24, 2.45) is 10.8 Å². The van der Waals surface area contributed by atoms with Gasteiger partial charge in [-0.15, -0.1) is 0 Å². The summed E-state index contributed by atoms with van der Waals surface area (Å²) in [6.07, 6.45) is 4.34. The summed E-state index contributed by atoms with van der Waals surface area (Å²) in [5, 5.41) is 9.16. The van der Waals surface area contributed by atoms with Gasteiger partial charge < -0.3 is 0 Å². The molecule has 0 N–H and O–H groups in total. The van der Waals surface area contributed by atoms with Gasteiger partial charge in [-0.25, -0.2) is 0 Å². The number of rotatable bonds is 2. The Morgan fingerprint density at radius 1 is 1.29 bits per heavy atom. The third kappa shape index (κ3) is 2.57. The fourth-order valence-electron chi connectivity index (χ4n) is 2.21. The first-order chi connectivity index (χ1) is 6.39. The highest BCUT2D eigenvalue weighted by atomic mass is 16.1. The molecule has 0 spiro atoms. The largest absolute Gasteiger partial charge is 0.300 e. The number of hydrogen-bond donors (Lipinski definition) is 0. The Labute approximate surface area is 86.3 Å². The van der Waals surface area contributed by atoms with Crippen molar-refractivity contribution < 1.29 is 4.79 Å². The van der Waals surface area contributed by atoms with Gasteiger partial charge in [0.05, 0.1) is 11.5 Å². The van der Waals surface area contributed by atoms with Crippen LogP contribution in [0.1, 0.15) is 52.9 Å². The zero-order chi connectivity index (χ0) is 10.8. The topological polar surface area (TPSA) is 40.9 Å². The van der Waals surface area contributed by atoms with Gasteiger partial charge in [0.15, 0.2) is 0 Å². The van der Waals surface area contributed by atoms with Crippen LogP contribution < -0.4 is 0 Å². The highest BCUT2D eigenvalue weighted by molar-refractivity contribution is 5.76. The molecular weight excluding hydrogens is 174 g/mol. The molecule has 0 amide bonds. The molecule has 1 aliphatic rings. The van der Waals surface area contributed by atoms with Crippen LogP contribution in [0.5, 0.6) is 0 Å². The molecule has 1 saturated carbocycles. The monoisotopic (exact) mass is 193 g/mol. The number of Topliss-reactive ketones (excluding diaryl/α,β-unsaturated/α-hetero) is 1. The van der Waals surface area contributed by atoms with Crippen LogP contribution in [-0.4, -0.2) is 5.78 Å². The quantitative estimate of drug-likeness (QED) is 0.676. The predicted octanol–water partition coefficient (Wildman–Crippen LogP) is 3.08. The average Bonchev–Trinajstić information content (AvgIpc) is 2.09. The summed E-state index contributed by atoms with van der Waals surface area (Å²) in [6.45, 7) is 6.06. The molecule has 0 radical (unpaired) electrons. The molecule has 0 aromatic rings. The third-order valence-electron chi connectivity index (χ3n) is 3.39. The smallest absolute Gasteiger partial charge is 0.131 e. The molecule has 0 heterocycles. The zero-order valence-electron chi connectivity index (χ0n) is 9.39. The maximum atomic E-state index is 11.1. The molecule has 2 heteroatoms. The van der Waals surface area contributed by atoms with Crippen molar-refractivity contribution in [3.05, 3.63) is 0 Å². The van der Waals surface area contributed by atoms with Gasteiger partial charge in [0.25, 0.3) is 0 Å². The van der Waals surface area contributed by atoms with Crippen molar-refractivity contribution in [3.8, 4) is 6.07 Å². The fraction of sp³-hybridized carbons (Fsp3) is 0.833. The summed E-state index contributed by atoms with van der Waals surface area (Å²) in [7, 11) is 0. The summed E-state index contributed by atoms with van der Waals surface area (Å²) in [4.78, 5) is 11.1. The van der Waals surface area contributed by atoms with Crippen molar-refractivity contribution in [1.29, 1.82) is 5.26 Å². The molecule has 14 heavy (non-hydrogen) atoms. The average molecular weight is 193 g/mol. The van der Waals surface area contributed by atoms with Gasteiger partial charge in [0, 0.05) is 6.42 Å². The summed E-state index contributed by atoms with van der Waals surface area (Å²) >= 11 is 0. The number of nitrogens with zero attached hydrogens (tertiary/aromatic N) is 1. The van der Waals surface area contributed by atoms with E-state index in [0.29, 0.717) is 11.8 Å². The van der Waals surface area contributed by atoms with Gasteiger partial charge in [-0.3, -0.25) is 4.79 Å². The second-order valence-corrected chi connectivity index (χ2v) is 5.44. The second kappa shape index (κ2) is 3.73. The molecule has 2 nitrogen and oxygen atoms in total. The first kappa shape index (κ1) is 11.2. The molecule has 1 fully saturated rings. The Morgan fingerprint density at radius 2 is 1.79 bits per heavy atom. The maximum Gasteiger partial charge on any atom is 0.131 e. The maximum absolute atomic E-state index is 11.1. The number of carbonyl (C=O) groups is 1. The molecule has 0 bridgehead atoms. The minimum absolute atomic E-state index is 0.145. The van der Waals surface area contributed by atoms with Gasteiger partial charge in [0.1, 0.15) is 5.78 Å². The molecule has 1 aliphatic carbocycles. The highest BCUT2D eigenvalue weighted by Gasteiger charge is 2.39. The van der Waals surface area contributed by atoms with Gasteiger partial charge >= 0.3 is 0 Å². The van der Waals surface area contributed by atoms with E-state index in [1.54, 1.807) is 6.92 Å². The Hall–Kier alpha value is -0.840. The van der Waals surface area contributed by atoms with Crippen LogP contribution in [0.3, 0.4) is 0 Å². The van der Waals surface area contributed by atoms with Gasteiger partial charge in [-0.2, -0.15) is 5.26 Å². The number of carbonyl (C=O) groups excluding carboxylic acids is 1. The van der Waals surface area contributed by atoms with E-state index in [1.807, 2.05) is 0 Å². The molecule has 0 unspecified atom stereocenters. The van der Waals surface area contributed by atoms with Crippen molar-refractivity contribution in [2.45, 2.75) is 52.9 Å². The molecule has 0 aromatic heterocycles. The molecule has 1 rings (SSSR count).